The summed E-state index contributed by atoms with van der Waals surface area (Å²) in [6.45, 7) is 8.43. The molecule has 0 amide bonds. The molecule has 19 heavy (non-hydrogen) atoms. The van der Waals surface area contributed by atoms with Crippen molar-refractivity contribution in [2.24, 2.45) is 0 Å². The first-order valence-corrected chi connectivity index (χ1v) is 11.6. The molecule has 0 aromatic rings. The SMILES string of the molecule is CCCCCCCCCCCCC(=O)O[Si](C)(C)C. The predicted octanol–water partition coefficient (Wildman–Crippen LogP) is 5.68. The number of hydrogen-bond donors (Lipinski definition) is 0. The van der Waals surface area contributed by atoms with Crippen LogP contribution in [0.5, 0.6) is 0 Å². The molecule has 0 atom stereocenters. The first-order chi connectivity index (χ1) is 8.95. The quantitative estimate of drug-likeness (QED) is 0.341. The molecular weight excluding hydrogens is 252 g/mol. The van der Waals surface area contributed by atoms with Crippen molar-refractivity contribution >= 4 is 14.3 Å². The van der Waals surface area contributed by atoms with Crippen molar-refractivity contribution in [3.8, 4) is 0 Å². The van der Waals surface area contributed by atoms with E-state index < -0.39 is 8.32 Å². The Hall–Kier alpha value is -0.313. The highest BCUT2D eigenvalue weighted by molar-refractivity contribution is 6.71. The van der Waals surface area contributed by atoms with Crippen LogP contribution in [0, 0.1) is 0 Å². The fourth-order valence-electron chi connectivity index (χ4n) is 2.15. The highest BCUT2D eigenvalue weighted by atomic mass is 28.4. The smallest absolute Gasteiger partial charge is 0.292 e. The van der Waals surface area contributed by atoms with Gasteiger partial charge in [0, 0.05) is 6.42 Å². The zero-order valence-corrected chi connectivity index (χ0v) is 14.6. The van der Waals surface area contributed by atoms with Gasteiger partial charge in [-0.15, -0.1) is 0 Å². The van der Waals surface area contributed by atoms with Crippen LogP contribution in [0.4, 0.5) is 0 Å². The lowest BCUT2D eigenvalue weighted by Crippen LogP contribution is -2.28. The standard InChI is InChI=1S/C16H34O2Si/c1-5-6-7-8-9-10-11-12-13-14-15-16(17)18-19(2,3)4/h5-15H2,1-4H3. The predicted molar refractivity (Wildman–Crippen MR) is 85.9 cm³/mol. The van der Waals surface area contributed by atoms with Gasteiger partial charge >= 0.3 is 0 Å². The van der Waals surface area contributed by atoms with Crippen molar-refractivity contribution < 1.29 is 9.22 Å². The molecule has 114 valence electrons. The molecule has 0 N–H and O–H groups in total. The Morgan fingerprint density at radius 1 is 0.789 bits per heavy atom. The van der Waals surface area contributed by atoms with Gasteiger partial charge in [-0.3, -0.25) is 4.79 Å². The summed E-state index contributed by atoms with van der Waals surface area (Å²) in [5.41, 5.74) is 0. The van der Waals surface area contributed by atoms with Crippen LogP contribution in [0.2, 0.25) is 19.6 Å². The van der Waals surface area contributed by atoms with Gasteiger partial charge in [0.25, 0.3) is 5.97 Å². The summed E-state index contributed by atoms with van der Waals surface area (Å²) in [6.07, 6.45) is 13.7. The Kier molecular flexibility index (Phi) is 11.3. The second kappa shape index (κ2) is 11.5. The van der Waals surface area contributed by atoms with Gasteiger partial charge in [-0.2, -0.15) is 0 Å². The average molecular weight is 287 g/mol. The van der Waals surface area contributed by atoms with Crippen molar-refractivity contribution in [2.75, 3.05) is 0 Å². The molecule has 2 nitrogen and oxygen atoms in total. The van der Waals surface area contributed by atoms with Crippen molar-refractivity contribution in [3.05, 3.63) is 0 Å². The Morgan fingerprint density at radius 2 is 1.21 bits per heavy atom. The second-order valence-corrected chi connectivity index (χ2v) is 10.9. The molecule has 0 heterocycles. The maximum Gasteiger partial charge on any atom is 0.292 e. The van der Waals surface area contributed by atoms with Gasteiger partial charge in [-0.1, -0.05) is 64.7 Å². The Labute approximate surface area is 121 Å². The third-order valence-corrected chi connectivity index (χ3v) is 3.99. The summed E-state index contributed by atoms with van der Waals surface area (Å²) in [7, 11) is -1.67. The molecule has 0 aliphatic heterocycles. The van der Waals surface area contributed by atoms with Crippen LogP contribution in [0.3, 0.4) is 0 Å². The van der Waals surface area contributed by atoms with E-state index in [0.29, 0.717) is 6.42 Å². The summed E-state index contributed by atoms with van der Waals surface area (Å²) in [5.74, 6) is 0.0127. The molecule has 0 saturated carbocycles. The normalized spacial score (nSPS) is 11.6. The maximum absolute atomic E-state index is 11.5. The highest BCUT2D eigenvalue weighted by Crippen LogP contribution is 2.12. The third-order valence-electron chi connectivity index (χ3n) is 3.15. The van der Waals surface area contributed by atoms with Crippen LogP contribution in [0.25, 0.3) is 0 Å². The first-order valence-electron chi connectivity index (χ1n) is 8.17. The minimum Gasteiger partial charge on any atom is -0.520 e. The Bertz CT molecular complexity index is 221. The number of carbonyl (C=O) groups is 1. The lowest BCUT2D eigenvalue weighted by Gasteiger charge is -2.17. The first kappa shape index (κ1) is 18.7. The van der Waals surface area contributed by atoms with E-state index in [-0.39, 0.29) is 5.97 Å². The van der Waals surface area contributed by atoms with E-state index in [1.165, 1.54) is 57.8 Å². The lowest BCUT2D eigenvalue weighted by molar-refractivity contribution is -0.135. The van der Waals surface area contributed by atoms with Gasteiger partial charge in [0.1, 0.15) is 0 Å². The average Bonchev–Trinajstić information content (AvgIpc) is 2.29. The fourth-order valence-corrected chi connectivity index (χ4v) is 2.93. The van der Waals surface area contributed by atoms with Crippen LogP contribution >= 0.6 is 0 Å². The summed E-state index contributed by atoms with van der Waals surface area (Å²) < 4.78 is 5.42. The van der Waals surface area contributed by atoms with E-state index in [1.807, 2.05) is 0 Å². The molecule has 3 heteroatoms. The molecule has 0 aromatic heterocycles. The maximum atomic E-state index is 11.5. The molecule has 0 saturated heterocycles. The summed E-state index contributed by atoms with van der Waals surface area (Å²) in [6, 6.07) is 0. The number of hydrogen-bond acceptors (Lipinski definition) is 2. The van der Waals surface area contributed by atoms with E-state index in [2.05, 4.69) is 26.6 Å². The molecule has 0 rings (SSSR count). The molecule has 0 aliphatic carbocycles. The van der Waals surface area contributed by atoms with Crippen LogP contribution < -0.4 is 0 Å². The number of unbranched alkanes of at least 4 members (excludes halogenated alkanes) is 9. The van der Waals surface area contributed by atoms with Gasteiger partial charge in [0.05, 0.1) is 0 Å². The minimum absolute atomic E-state index is 0.0127. The molecule has 0 unspecified atom stereocenters. The van der Waals surface area contributed by atoms with E-state index in [9.17, 15) is 4.79 Å². The lowest BCUT2D eigenvalue weighted by atomic mass is 10.1. The molecule has 0 fully saturated rings. The van der Waals surface area contributed by atoms with Gasteiger partial charge in [-0.05, 0) is 26.1 Å². The molecule has 0 aromatic carbocycles. The van der Waals surface area contributed by atoms with Crippen LogP contribution in [-0.4, -0.2) is 14.3 Å². The zero-order chi connectivity index (χ0) is 14.6. The number of rotatable bonds is 12. The summed E-state index contributed by atoms with van der Waals surface area (Å²) >= 11 is 0. The molecule has 0 aliphatic rings. The monoisotopic (exact) mass is 286 g/mol. The molecule has 0 bridgehead atoms. The van der Waals surface area contributed by atoms with E-state index in [4.69, 9.17) is 4.43 Å². The van der Waals surface area contributed by atoms with Gasteiger partial charge < -0.3 is 4.43 Å². The van der Waals surface area contributed by atoms with Crippen LogP contribution in [0.15, 0.2) is 0 Å². The van der Waals surface area contributed by atoms with Crippen molar-refractivity contribution in [2.45, 2.75) is 97.2 Å². The zero-order valence-electron chi connectivity index (χ0n) is 13.6. The third kappa shape index (κ3) is 15.6. The van der Waals surface area contributed by atoms with E-state index >= 15 is 0 Å². The van der Waals surface area contributed by atoms with Crippen molar-refractivity contribution in [1.29, 1.82) is 0 Å². The van der Waals surface area contributed by atoms with Gasteiger partial charge in [0.15, 0.2) is 0 Å². The molecule has 0 radical (unpaired) electrons. The topological polar surface area (TPSA) is 26.3 Å². The highest BCUT2D eigenvalue weighted by Gasteiger charge is 2.19. The van der Waals surface area contributed by atoms with Crippen LogP contribution in [-0.2, 0) is 9.22 Å². The van der Waals surface area contributed by atoms with Gasteiger partial charge in [0.2, 0.25) is 8.32 Å². The fraction of sp³-hybridized carbons (Fsp3) is 0.938. The van der Waals surface area contributed by atoms with E-state index in [1.54, 1.807) is 0 Å². The van der Waals surface area contributed by atoms with Gasteiger partial charge in [-0.25, -0.2) is 0 Å². The summed E-state index contributed by atoms with van der Waals surface area (Å²) in [5, 5.41) is 0. The Morgan fingerprint density at radius 3 is 1.63 bits per heavy atom. The van der Waals surface area contributed by atoms with Crippen LogP contribution in [0.1, 0.15) is 77.6 Å². The number of carbonyl (C=O) groups excluding carboxylic acids is 1. The second-order valence-electron chi connectivity index (χ2n) is 6.52. The summed E-state index contributed by atoms with van der Waals surface area (Å²) in [4.78, 5) is 11.5. The van der Waals surface area contributed by atoms with Crippen molar-refractivity contribution in [3.63, 3.8) is 0 Å². The van der Waals surface area contributed by atoms with Crippen molar-refractivity contribution in [1.82, 2.24) is 0 Å². The molecule has 0 spiro atoms. The minimum atomic E-state index is -1.67. The molecular formula is C16H34O2Si. The van der Waals surface area contributed by atoms with E-state index in [0.717, 1.165) is 6.42 Å². The largest absolute Gasteiger partial charge is 0.520 e. The Balaban J connectivity index is 3.21.